The van der Waals surface area contributed by atoms with E-state index in [-0.39, 0.29) is 12.1 Å². The lowest BCUT2D eigenvalue weighted by Crippen LogP contribution is -2.45. The maximum absolute atomic E-state index is 12.7. The fourth-order valence-electron chi connectivity index (χ4n) is 3.10. The van der Waals surface area contributed by atoms with Crippen molar-refractivity contribution in [3.8, 4) is 0 Å². The van der Waals surface area contributed by atoms with Crippen LogP contribution >= 0.6 is 0 Å². The first-order valence-corrected chi connectivity index (χ1v) is 8.50. The van der Waals surface area contributed by atoms with Gasteiger partial charge >= 0.3 is 6.03 Å². The van der Waals surface area contributed by atoms with Gasteiger partial charge < -0.3 is 14.4 Å². The van der Waals surface area contributed by atoms with E-state index >= 15 is 0 Å². The van der Waals surface area contributed by atoms with Crippen molar-refractivity contribution in [3.05, 3.63) is 30.5 Å². The molecule has 2 aromatic rings. The molecule has 3 rings (SSSR count). The first-order chi connectivity index (χ1) is 11.9. The largest absolute Gasteiger partial charge is 0.363 e. The number of nitrogens with zero attached hydrogens (tertiary/aromatic N) is 6. The Balaban J connectivity index is 1.71. The van der Waals surface area contributed by atoms with Gasteiger partial charge in [0.1, 0.15) is 5.82 Å². The van der Waals surface area contributed by atoms with Gasteiger partial charge in [-0.3, -0.25) is 5.32 Å². The molecule has 0 radical (unpaired) electrons. The maximum atomic E-state index is 12.7. The number of aryl methyl sites for hydroxylation is 1. The third-order valence-electron chi connectivity index (χ3n) is 4.63. The summed E-state index contributed by atoms with van der Waals surface area (Å²) < 4.78 is 2.08. The number of aromatic nitrogens is 4. The van der Waals surface area contributed by atoms with Crippen molar-refractivity contribution in [2.75, 3.05) is 37.4 Å². The molecule has 8 nitrogen and oxygen atoms in total. The molecule has 2 amide bonds. The number of imidazole rings is 1. The van der Waals surface area contributed by atoms with Gasteiger partial charge in [0.15, 0.2) is 0 Å². The van der Waals surface area contributed by atoms with Crippen LogP contribution in [-0.4, -0.2) is 57.6 Å². The molecule has 3 heterocycles. The van der Waals surface area contributed by atoms with Crippen LogP contribution in [0.3, 0.4) is 0 Å². The van der Waals surface area contributed by atoms with Gasteiger partial charge in [-0.25, -0.2) is 14.8 Å². The van der Waals surface area contributed by atoms with Gasteiger partial charge in [-0.1, -0.05) is 6.92 Å². The molecule has 1 N–H and O–H groups in total. The average molecular weight is 343 g/mol. The minimum atomic E-state index is -0.160. The number of anilines is 2. The zero-order valence-electron chi connectivity index (χ0n) is 15.2. The normalized spacial score (nSPS) is 20.4. The first-order valence-electron chi connectivity index (χ1n) is 8.50. The van der Waals surface area contributed by atoms with Crippen LogP contribution in [0, 0.1) is 12.8 Å². The third-order valence-corrected chi connectivity index (χ3v) is 4.63. The number of likely N-dealkylation sites (tertiary alicyclic amines) is 1. The van der Waals surface area contributed by atoms with E-state index in [0.717, 1.165) is 24.5 Å². The van der Waals surface area contributed by atoms with E-state index < -0.39 is 0 Å². The average Bonchev–Trinajstić information content (AvgIpc) is 3.08. The summed E-state index contributed by atoms with van der Waals surface area (Å²) in [5.41, 5.74) is 0.817. The number of urea groups is 1. The van der Waals surface area contributed by atoms with Crippen molar-refractivity contribution < 1.29 is 4.79 Å². The van der Waals surface area contributed by atoms with Crippen LogP contribution in [0.1, 0.15) is 25.1 Å². The Bertz CT molecular complexity index is 729. The molecule has 1 aliphatic rings. The number of amides is 2. The Hall–Kier alpha value is -2.64. The van der Waals surface area contributed by atoms with Crippen molar-refractivity contribution in [2.45, 2.75) is 26.3 Å². The summed E-state index contributed by atoms with van der Waals surface area (Å²) in [6.07, 6.45) is 6.49. The molecule has 0 bridgehead atoms. The number of rotatable bonds is 3. The topological polar surface area (TPSA) is 79.2 Å². The second-order valence-corrected chi connectivity index (χ2v) is 6.80. The molecule has 1 aliphatic heterocycles. The highest BCUT2D eigenvalue weighted by molar-refractivity contribution is 5.87. The van der Waals surface area contributed by atoms with Crippen molar-refractivity contribution in [2.24, 2.45) is 5.92 Å². The maximum Gasteiger partial charge on any atom is 0.324 e. The molecule has 0 aliphatic carbocycles. The highest BCUT2D eigenvalue weighted by atomic mass is 16.2. The molecule has 2 atom stereocenters. The lowest BCUT2D eigenvalue weighted by molar-refractivity contribution is 0.149. The number of nitrogens with one attached hydrogen (secondary N) is 1. The van der Waals surface area contributed by atoms with Gasteiger partial charge in [-0.15, -0.1) is 0 Å². The number of hydrogen-bond donors (Lipinski definition) is 1. The molecule has 1 fully saturated rings. The number of hydrogen-bond acceptors (Lipinski definition) is 5. The summed E-state index contributed by atoms with van der Waals surface area (Å²) in [6.45, 7) is 5.48. The van der Waals surface area contributed by atoms with Crippen molar-refractivity contribution in [3.63, 3.8) is 0 Å². The van der Waals surface area contributed by atoms with Gasteiger partial charge in [0, 0.05) is 51.3 Å². The van der Waals surface area contributed by atoms with Crippen molar-refractivity contribution >= 4 is 17.8 Å². The summed E-state index contributed by atoms with van der Waals surface area (Å²) in [4.78, 5) is 29.2. The summed E-state index contributed by atoms with van der Waals surface area (Å²) in [5.74, 6) is 1.60. The van der Waals surface area contributed by atoms with E-state index in [1.165, 1.54) is 0 Å². The first kappa shape index (κ1) is 17.2. The van der Waals surface area contributed by atoms with E-state index in [4.69, 9.17) is 0 Å². The molecule has 0 saturated carbocycles. The fraction of sp³-hybridized carbons (Fsp3) is 0.529. The third kappa shape index (κ3) is 3.89. The molecular weight excluding hydrogens is 318 g/mol. The lowest BCUT2D eigenvalue weighted by Gasteiger charge is -2.37. The van der Waals surface area contributed by atoms with E-state index in [0.29, 0.717) is 18.4 Å². The quantitative estimate of drug-likeness (QED) is 0.924. The summed E-state index contributed by atoms with van der Waals surface area (Å²) in [5, 5.41) is 2.84. The Morgan fingerprint density at radius 2 is 2.16 bits per heavy atom. The van der Waals surface area contributed by atoms with Crippen LogP contribution < -0.4 is 10.2 Å². The highest BCUT2D eigenvalue weighted by Crippen LogP contribution is 2.27. The Morgan fingerprint density at radius 3 is 2.84 bits per heavy atom. The minimum absolute atomic E-state index is 0.160. The van der Waals surface area contributed by atoms with Gasteiger partial charge in [0.25, 0.3) is 0 Å². The Labute approximate surface area is 147 Å². The molecular formula is C17H25N7O. The predicted octanol–water partition coefficient (Wildman–Crippen LogP) is 2.16. The van der Waals surface area contributed by atoms with Crippen molar-refractivity contribution in [1.29, 1.82) is 0 Å². The smallest absolute Gasteiger partial charge is 0.324 e. The zero-order valence-corrected chi connectivity index (χ0v) is 15.2. The molecule has 0 unspecified atom stereocenters. The zero-order chi connectivity index (χ0) is 18.0. The Kier molecular flexibility index (Phi) is 4.87. The van der Waals surface area contributed by atoms with E-state index in [2.05, 4.69) is 31.8 Å². The van der Waals surface area contributed by atoms with Crippen LogP contribution in [-0.2, 0) is 0 Å². The summed E-state index contributed by atoms with van der Waals surface area (Å²) in [6, 6.07) is 1.96. The number of carbonyl (C=O) groups is 1. The van der Waals surface area contributed by atoms with Gasteiger partial charge in [-0.05, 0) is 19.3 Å². The van der Waals surface area contributed by atoms with Gasteiger partial charge in [-0.2, -0.15) is 4.98 Å². The number of carbonyl (C=O) groups excluding carboxylic acids is 1. The number of piperidine rings is 1. The van der Waals surface area contributed by atoms with Crippen LogP contribution in [0.2, 0.25) is 0 Å². The minimum Gasteiger partial charge on any atom is -0.363 e. The lowest BCUT2D eigenvalue weighted by atomic mass is 9.93. The summed E-state index contributed by atoms with van der Waals surface area (Å²) in [7, 11) is 3.82. The SMILES string of the molecule is Cc1cc(N(C)C)nc(NC(=O)N2CC[C@@H](C)[C@@H](n3ccnc3)C2)n1. The fourth-order valence-corrected chi connectivity index (χ4v) is 3.10. The summed E-state index contributed by atoms with van der Waals surface area (Å²) >= 11 is 0. The van der Waals surface area contributed by atoms with Crippen LogP contribution in [0.5, 0.6) is 0 Å². The molecule has 134 valence electrons. The predicted molar refractivity (Wildman–Crippen MR) is 96.7 cm³/mol. The van der Waals surface area contributed by atoms with Crippen LogP contribution in [0.25, 0.3) is 0 Å². The monoisotopic (exact) mass is 343 g/mol. The van der Waals surface area contributed by atoms with Crippen LogP contribution in [0.4, 0.5) is 16.6 Å². The van der Waals surface area contributed by atoms with E-state index in [1.54, 1.807) is 6.20 Å². The molecule has 0 aromatic carbocycles. The van der Waals surface area contributed by atoms with Gasteiger partial charge in [0.05, 0.1) is 12.4 Å². The molecule has 1 saturated heterocycles. The van der Waals surface area contributed by atoms with Crippen molar-refractivity contribution in [1.82, 2.24) is 24.4 Å². The second kappa shape index (κ2) is 7.08. The Morgan fingerprint density at radius 1 is 1.36 bits per heavy atom. The molecule has 8 heteroatoms. The molecule has 0 spiro atoms. The second-order valence-electron chi connectivity index (χ2n) is 6.80. The van der Waals surface area contributed by atoms with Gasteiger partial charge in [0.2, 0.25) is 5.95 Å². The van der Waals surface area contributed by atoms with E-state index in [1.807, 2.05) is 49.4 Å². The van der Waals surface area contributed by atoms with E-state index in [9.17, 15) is 4.79 Å². The molecule has 2 aromatic heterocycles. The standard InChI is InChI=1S/C17H25N7O/c1-12-5-7-23(10-14(12)24-8-6-18-11-24)17(25)21-16-19-13(2)9-15(20-16)22(3)4/h6,8-9,11-12,14H,5,7,10H2,1-4H3,(H,19,20,21,25)/t12-,14+/m1/s1. The van der Waals surface area contributed by atoms with Crippen LogP contribution in [0.15, 0.2) is 24.8 Å². The molecule has 25 heavy (non-hydrogen) atoms. The highest BCUT2D eigenvalue weighted by Gasteiger charge is 2.30.